The van der Waals surface area contributed by atoms with Crippen molar-refractivity contribution in [2.24, 2.45) is 4.99 Å². The third-order valence-corrected chi connectivity index (χ3v) is 12.1. The van der Waals surface area contributed by atoms with Gasteiger partial charge in [-0.25, -0.2) is 0 Å². The highest BCUT2D eigenvalue weighted by Gasteiger charge is 2.29. The van der Waals surface area contributed by atoms with E-state index >= 15 is 0 Å². The second-order valence-corrected chi connectivity index (χ2v) is 15.4. The Morgan fingerprint density at radius 1 is 0.500 bits per heavy atom. The van der Waals surface area contributed by atoms with Crippen LogP contribution in [0.5, 0.6) is 0 Å². The van der Waals surface area contributed by atoms with Crippen molar-refractivity contribution >= 4 is 44.5 Å². The first-order valence-electron chi connectivity index (χ1n) is 20.0. The Hall–Kier alpha value is -6.71. The third kappa shape index (κ3) is 5.54. The third-order valence-electron chi connectivity index (χ3n) is 12.1. The average molecular weight is 720 g/mol. The zero-order valence-corrected chi connectivity index (χ0v) is 31.2. The summed E-state index contributed by atoms with van der Waals surface area (Å²) in [7, 11) is 0. The van der Waals surface area contributed by atoms with Gasteiger partial charge in [0.1, 0.15) is 0 Å². The number of rotatable bonds is 6. The van der Waals surface area contributed by atoms with Gasteiger partial charge in [0.25, 0.3) is 0 Å². The molecule has 0 saturated heterocycles. The molecule has 0 saturated carbocycles. The molecule has 9 aromatic rings. The van der Waals surface area contributed by atoms with Gasteiger partial charge in [0.2, 0.25) is 0 Å². The molecule has 0 fully saturated rings. The molecule has 2 atom stereocenters. The molecule has 7 aromatic carbocycles. The standard InChI is InChI=1S/C53H41N3/c1-4-15-36(16-5-1)39-21-14-22-42(31-39)55-50-25-12-10-23-44(50)46-29-27-41(33-53(46)55)40-28-30-52-47(32-40)45-24-11-13-26-51(45)56(52)43-34-48(37-17-6-2-7-18-37)54-49(35-43)38-19-8-3-9-20-38/h1-9,11-22,24-33,43,48H,10,23,34-35H2. The molecule has 0 radical (unpaired) electrons. The summed E-state index contributed by atoms with van der Waals surface area (Å²) < 4.78 is 5.11. The fraction of sp³-hybridized carbons (Fsp3) is 0.113. The molecule has 0 spiro atoms. The van der Waals surface area contributed by atoms with Crippen LogP contribution in [-0.2, 0) is 6.42 Å². The predicted octanol–water partition coefficient (Wildman–Crippen LogP) is 13.6. The fourth-order valence-electron chi connectivity index (χ4n) is 9.49. The van der Waals surface area contributed by atoms with Crippen LogP contribution in [0.25, 0.3) is 66.7 Å². The maximum absolute atomic E-state index is 5.39. The Kier molecular flexibility index (Phi) is 7.91. The molecule has 2 aliphatic rings. The number of aliphatic imine (C=N–C) groups is 1. The number of para-hydroxylation sites is 1. The zero-order valence-electron chi connectivity index (χ0n) is 31.2. The summed E-state index contributed by atoms with van der Waals surface area (Å²) in [6.07, 6.45) is 8.63. The van der Waals surface area contributed by atoms with Crippen molar-refractivity contribution in [1.82, 2.24) is 9.13 Å². The van der Waals surface area contributed by atoms with E-state index in [0.29, 0.717) is 0 Å². The second-order valence-electron chi connectivity index (χ2n) is 15.4. The minimum absolute atomic E-state index is 0.0951. The zero-order chi connectivity index (χ0) is 37.0. The smallest absolute Gasteiger partial charge is 0.0772 e. The Bertz CT molecular complexity index is 2960. The number of hydrogen-bond donors (Lipinski definition) is 0. The molecule has 0 bridgehead atoms. The van der Waals surface area contributed by atoms with E-state index < -0.39 is 0 Å². The van der Waals surface area contributed by atoms with Crippen LogP contribution in [0.3, 0.4) is 0 Å². The second kappa shape index (κ2) is 13.5. The van der Waals surface area contributed by atoms with Crippen LogP contribution in [0, 0.1) is 0 Å². The quantitative estimate of drug-likeness (QED) is 0.163. The molecule has 2 aromatic heterocycles. The van der Waals surface area contributed by atoms with E-state index in [4.69, 9.17) is 4.99 Å². The molecular formula is C53H41N3. The van der Waals surface area contributed by atoms with Crippen LogP contribution in [-0.4, -0.2) is 14.8 Å². The van der Waals surface area contributed by atoms with Gasteiger partial charge in [-0.2, -0.15) is 0 Å². The number of aromatic nitrogens is 2. The molecule has 2 unspecified atom stereocenters. The van der Waals surface area contributed by atoms with Crippen LogP contribution < -0.4 is 0 Å². The minimum atomic E-state index is 0.0951. The van der Waals surface area contributed by atoms with E-state index in [1.807, 2.05) is 0 Å². The maximum atomic E-state index is 5.39. The van der Waals surface area contributed by atoms with Gasteiger partial charge in [0.05, 0.1) is 11.6 Å². The number of benzene rings is 7. The van der Waals surface area contributed by atoms with Crippen molar-refractivity contribution in [1.29, 1.82) is 0 Å². The normalized spacial score (nSPS) is 16.7. The Balaban J connectivity index is 1.04. The summed E-state index contributed by atoms with van der Waals surface area (Å²) in [5.74, 6) is 0. The largest absolute Gasteiger partial charge is 0.337 e. The van der Waals surface area contributed by atoms with Crippen LogP contribution in [0.4, 0.5) is 0 Å². The first-order chi connectivity index (χ1) is 27.8. The topological polar surface area (TPSA) is 22.2 Å². The molecule has 268 valence electrons. The molecule has 1 aliphatic carbocycles. The van der Waals surface area contributed by atoms with Gasteiger partial charge in [-0.1, -0.05) is 146 Å². The van der Waals surface area contributed by atoms with E-state index in [2.05, 4.69) is 197 Å². The van der Waals surface area contributed by atoms with Gasteiger partial charge < -0.3 is 9.13 Å². The summed E-state index contributed by atoms with van der Waals surface area (Å²) in [5, 5.41) is 3.94. The van der Waals surface area contributed by atoms with Crippen LogP contribution in [0.2, 0.25) is 0 Å². The van der Waals surface area contributed by atoms with Crippen LogP contribution in [0.15, 0.2) is 187 Å². The Morgan fingerprint density at radius 2 is 1.18 bits per heavy atom. The molecule has 0 N–H and O–H groups in total. The van der Waals surface area contributed by atoms with Crippen molar-refractivity contribution in [3.05, 3.63) is 204 Å². The highest BCUT2D eigenvalue weighted by molar-refractivity contribution is 6.10. The van der Waals surface area contributed by atoms with Crippen LogP contribution in [0.1, 0.15) is 53.7 Å². The Labute approximate surface area is 327 Å². The Morgan fingerprint density at radius 3 is 2.02 bits per heavy atom. The van der Waals surface area contributed by atoms with Gasteiger partial charge in [0.15, 0.2) is 0 Å². The molecule has 0 amide bonds. The lowest BCUT2D eigenvalue weighted by Crippen LogP contribution is -2.22. The molecule has 1 aliphatic heterocycles. The summed E-state index contributed by atoms with van der Waals surface area (Å²) >= 11 is 0. The lowest BCUT2D eigenvalue weighted by atomic mass is 9.90. The van der Waals surface area contributed by atoms with Crippen molar-refractivity contribution in [2.75, 3.05) is 0 Å². The first-order valence-corrected chi connectivity index (χ1v) is 20.0. The lowest BCUT2D eigenvalue weighted by molar-refractivity contribution is 0.438. The number of hydrogen-bond acceptors (Lipinski definition) is 1. The molecule has 3 heterocycles. The average Bonchev–Trinajstić information content (AvgIpc) is 3.79. The van der Waals surface area contributed by atoms with Crippen LogP contribution >= 0.6 is 0 Å². The highest BCUT2D eigenvalue weighted by Crippen LogP contribution is 2.43. The van der Waals surface area contributed by atoms with E-state index in [1.165, 1.54) is 88.7 Å². The maximum Gasteiger partial charge on any atom is 0.0772 e. The lowest BCUT2D eigenvalue weighted by Gasteiger charge is -2.31. The van der Waals surface area contributed by atoms with E-state index in [9.17, 15) is 0 Å². The summed E-state index contributed by atoms with van der Waals surface area (Å²) in [6.45, 7) is 0. The minimum Gasteiger partial charge on any atom is -0.337 e. The van der Waals surface area contributed by atoms with Crippen molar-refractivity contribution in [3.8, 4) is 27.9 Å². The van der Waals surface area contributed by atoms with Gasteiger partial charge in [0, 0.05) is 56.7 Å². The molecular weight excluding hydrogens is 679 g/mol. The van der Waals surface area contributed by atoms with Crippen molar-refractivity contribution in [2.45, 2.75) is 37.8 Å². The van der Waals surface area contributed by atoms with E-state index in [0.717, 1.165) is 25.7 Å². The first kappa shape index (κ1) is 32.7. The fourth-order valence-corrected chi connectivity index (χ4v) is 9.49. The number of nitrogens with zero attached hydrogens (tertiary/aromatic N) is 3. The van der Waals surface area contributed by atoms with E-state index in [1.54, 1.807) is 0 Å². The van der Waals surface area contributed by atoms with E-state index in [-0.39, 0.29) is 12.1 Å². The highest BCUT2D eigenvalue weighted by atomic mass is 15.0. The SMILES string of the molecule is C1=Cc2c(c3ccc(-c4ccc5c(c4)c4ccccc4n5C4CC(c5ccccc5)=NC(c5ccccc5)C4)cc3n2-c2cccc(-c3ccccc3)c2)CC1. The van der Waals surface area contributed by atoms with Crippen molar-refractivity contribution in [3.63, 3.8) is 0 Å². The molecule has 56 heavy (non-hydrogen) atoms. The number of aryl methyl sites for hydroxylation is 1. The van der Waals surface area contributed by atoms with Gasteiger partial charge in [-0.15, -0.1) is 0 Å². The summed E-state index contributed by atoms with van der Waals surface area (Å²) in [4.78, 5) is 5.39. The van der Waals surface area contributed by atoms with Gasteiger partial charge in [-0.05, 0) is 101 Å². The summed E-state index contributed by atoms with van der Waals surface area (Å²) in [6, 6.07) is 64.9. The molecule has 11 rings (SSSR count). The monoisotopic (exact) mass is 719 g/mol. The number of allylic oxidation sites excluding steroid dienone is 1. The molecule has 3 heteroatoms. The van der Waals surface area contributed by atoms with Gasteiger partial charge in [-0.3, -0.25) is 4.99 Å². The van der Waals surface area contributed by atoms with Gasteiger partial charge >= 0.3 is 0 Å². The van der Waals surface area contributed by atoms with Crippen molar-refractivity contribution < 1.29 is 0 Å². The number of fused-ring (bicyclic) bond motifs is 6. The predicted molar refractivity (Wildman–Crippen MR) is 235 cm³/mol. The summed E-state index contributed by atoms with van der Waals surface area (Å²) in [5.41, 5.74) is 16.4. The molecule has 3 nitrogen and oxygen atoms in total.